The normalized spacial score (nSPS) is 11.7. The first-order valence-electron chi connectivity index (χ1n) is 8.54. The Morgan fingerprint density at radius 3 is 2.56 bits per heavy atom. The predicted molar refractivity (Wildman–Crippen MR) is 98.9 cm³/mol. The van der Waals surface area contributed by atoms with Crippen LogP contribution in [0.1, 0.15) is 48.2 Å². The van der Waals surface area contributed by atoms with Crippen LogP contribution in [-0.2, 0) is 11.8 Å². The molecule has 0 aliphatic carbocycles. The van der Waals surface area contributed by atoms with E-state index in [0.29, 0.717) is 17.9 Å². The number of nitrogens with one attached hydrogen (secondary N) is 1. The minimum atomic E-state index is -0.130. The van der Waals surface area contributed by atoms with E-state index in [1.807, 2.05) is 31.2 Å². The Labute approximate surface area is 148 Å². The maximum Gasteiger partial charge on any atom is 0.270 e. The fraction of sp³-hybridized carbons (Fsp3) is 0.350. The molecule has 3 rings (SSSR count). The van der Waals surface area contributed by atoms with E-state index in [9.17, 15) is 4.79 Å². The van der Waals surface area contributed by atoms with Crippen LogP contribution in [0.25, 0.3) is 5.65 Å². The SMILES string of the molecule is Cc1cc(C(=O)NCCc2ccccc2)n2nc(C(C)(C)C)cc2n1. The van der Waals surface area contributed by atoms with Crippen LogP contribution in [0.15, 0.2) is 42.5 Å². The molecule has 0 bridgehead atoms. The lowest BCUT2D eigenvalue weighted by Crippen LogP contribution is -2.28. The van der Waals surface area contributed by atoms with Gasteiger partial charge < -0.3 is 5.32 Å². The second kappa shape index (κ2) is 6.67. The van der Waals surface area contributed by atoms with Crippen LogP contribution in [-0.4, -0.2) is 27.0 Å². The maximum atomic E-state index is 12.7. The highest BCUT2D eigenvalue weighted by Gasteiger charge is 2.21. The first-order valence-corrected chi connectivity index (χ1v) is 8.54. The molecule has 0 aliphatic heterocycles. The van der Waals surface area contributed by atoms with Crippen molar-refractivity contribution in [1.29, 1.82) is 0 Å². The molecule has 0 spiro atoms. The minimum absolute atomic E-state index is 0.0946. The van der Waals surface area contributed by atoms with Gasteiger partial charge in [-0.3, -0.25) is 4.79 Å². The van der Waals surface area contributed by atoms with E-state index in [1.54, 1.807) is 10.6 Å². The first-order chi connectivity index (χ1) is 11.8. The van der Waals surface area contributed by atoms with Gasteiger partial charge in [0, 0.05) is 23.7 Å². The number of carbonyl (C=O) groups excluding carboxylic acids is 1. The smallest absolute Gasteiger partial charge is 0.270 e. The van der Waals surface area contributed by atoms with E-state index >= 15 is 0 Å². The van der Waals surface area contributed by atoms with Gasteiger partial charge in [-0.25, -0.2) is 9.50 Å². The van der Waals surface area contributed by atoms with Crippen LogP contribution in [0.3, 0.4) is 0 Å². The Hall–Kier alpha value is -2.69. The molecule has 5 nitrogen and oxygen atoms in total. The Morgan fingerprint density at radius 2 is 1.88 bits per heavy atom. The molecule has 0 aliphatic rings. The van der Waals surface area contributed by atoms with Gasteiger partial charge in [-0.2, -0.15) is 5.10 Å². The van der Waals surface area contributed by atoms with Crippen molar-refractivity contribution in [1.82, 2.24) is 19.9 Å². The monoisotopic (exact) mass is 336 g/mol. The number of aromatic nitrogens is 3. The van der Waals surface area contributed by atoms with Gasteiger partial charge in [-0.15, -0.1) is 0 Å². The lowest BCUT2D eigenvalue weighted by Gasteiger charge is -2.13. The lowest BCUT2D eigenvalue weighted by molar-refractivity contribution is 0.0946. The standard InChI is InChI=1S/C20H24N4O/c1-14-12-16(19(25)21-11-10-15-8-6-5-7-9-15)24-18(22-14)13-17(23-24)20(2,3)4/h5-9,12-13H,10-11H2,1-4H3,(H,21,25). The highest BCUT2D eigenvalue weighted by molar-refractivity contribution is 5.93. The summed E-state index contributed by atoms with van der Waals surface area (Å²) in [4.78, 5) is 17.2. The van der Waals surface area contributed by atoms with Gasteiger partial charge >= 0.3 is 0 Å². The molecule has 5 heteroatoms. The number of hydrogen-bond donors (Lipinski definition) is 1. The van der Waals surface area contributed by atoms with E-state index in [2.05, 4.69) is 48.3 Å². The molecule has 2 heterocycles. The summed E-state index contributed by atoms with van der Waals surface area (Å²) in [6.07, 6.45) is 0.798. The van der Waals surface area contributed by atoms with Gasteiger partial charge in [-0.05, 0) is 25.0 Å². The lowest BCUT2D eigenvalue weighted by atomic mass is 9.93. The third kappa shape index (κ3) is 3.87. The summed E-state index contributed by atoms with van der Waals surface area (Å²) < 4.78 is 1.64. The van der Waals surface area contributed by atoms with Gasteiger partial charge in [0.25, 0.3) is 5.91 Å². The third-order valence-electron chi connectivity index (χ3n) is 4.10. The predicted octanol–water partition coefficient (Wildman–Crippen LogP) is 3.31. The molecule has 0 fully saturated rings. The van der Waals surface area contributed by atoms with Crippen molar-refractivity contribution >= 4 is 11.6 Å². The fourth-order valence-electron chi connectivity index (χ4n) is 2.68. The zero-order chi connectivity index (χ0) is 18.0. The number of rotatable bonds is 4. The van der Waals surface area contributed by atoms with Gasteiger partial charge in [0.05, 0.1) is 5.69 Å². The number of benzene rings is 1. The van der Waals surface area contributed by atoms with Crippen LogP contribution < -0.4 is 5.32 Å². The number of hydrogen-bond acceptors (Lipinski definition) is 3. The topological polar surface area (TPSA) is 59.3 Å². The average molecular weight is 336 g/mol. The Bertz CT molecular complexity index is 891. The Morgan fingerprint density at radius 1 is 1.16 bits per heavy atom. The maximum absolute atomic E-state index is 12.7. The van der Waals surface area contributed by atoms with E-state index in [0.717, 1.165) is 17.8 Å². The summed E-state index contributed by atoms with van der Waals surface area (Å²) in [5.41, 5.74) is 4.06. The summed E-state index contributed by atoms with van der Waals surface area (Å²) in [6, 6.07) is 13.9. The zero-order valence-electron chi connectivity index (χ0n) is 15.2. The third-order valence-corrected chi connectivity index (χ3v) is 4.10. The number of aryl methyl sites for hydroxylation is 1. The largest absolute Gasteiger partial charge is 0.350 e. The molecular formula is C20H24N4O. The molecule has 0 radical (unpaired) electrons. The Balaban J connectivity index is 1.81. The van der Waals surface area contributed by atoms with Gasteiger partial charge in [0.1, 0.15) is 5.69 Å². The van der Waals surface area contributed by atoms with Gasteiger partial charge in [0.2, 0.25) is 0 Å². The molecule has 0 saturated carbocycles. The minimum Gasteiger partial charge on any atom is -0.350 e. The summed E-state index contributed by atoms with van der Waals surface area (Å²) in [7, 11) is 0. The van der Waals surface area contributed by atoms with Crippen LogP contribution in [0.4, 0.5) is 0 Å². The number of amides is 1. The molecule has 0 saturated heterocycles. The molecule has 2 aromatic heterocycles. The van der Waals surface area contributed by atoms with Crippen molar-refractivity contribution in [3.05, 3.63) is 65.1 Å². The van der Waals surface area contributed by atoms with E-state index < -0.39 is 0 Å². The first kappa shape index (κ1) is 17.1. The van der Waals surface area contributed by atoms with Crippen molar-refractivity contribution in [2.75, 3.05) is 6.54 Å². The number of nitrogens with zero attached hydrogens (tertiary/aromatic N) is 3. The summed E-state index contributed by atoms with van der Waals surface area (Å²) in [6.45, 7) is 8.77. The molecule has 0 atom stereocenters. The second-order valence-corrected chi connectivity index (χ2v) is 7.32. The summed E-state index contributed by atoms with van der Waals surface area (Å²) in [5.74, 6) is -0.130. The zero-order valence-corrected chi connectivity index (χ0v) is 15.2. The highest BCUT2D eigenvalue weighted by atomic mass is 16.1. The molecule has 0 unspecified atom stereocenters. The highest BCUT2D eigenvalue weighted by Crippen LogP contribution is 2.22. The summed E-state index contributed by atoms with van der Waals surface area (Å²) in [5, 5.41) is 7.59. The van der Waals surface area contributed by atoms with Crippen LogP contribution in [0.5, 0.6) is 0 Å². The van der Waals surface area contributed by atoms with Crippen LogP contribution in [0.2, 0.25) is 0 Å². The Kier molecular flexibility index (Phi) is 4.57. The van der Waals surface area contributed by atoms with E-state index in [4.69, 9.17) is 0 Å². The van der Waals surface area contributed by atoms with Crippen molar-refractivity contribution in [3.63, 3.8) is 0 Å². The van der Waals surface area contributed by atoms with Crippen LogP contribution >= 0.6 is 0 Å². The molecule has 1 N–H and O–H groups in total. The summed E-state index contributed by atoms with van der Waals surface area (Å²) >= 11 is 0. The molecular weight excluding hydrogens is 312 g/mol. The van der Waals surface area contributed by atoms with E-state index in [1.165, 1.54) is 5.56 Å². The molecule has 1 aromatic carbocycles. The van der Waals surface area contributed by atoms with E-state index in [-0.39, 0.29) is 11.3 Å². The van der Waals surface area contributed by atoms with Crippen LogP contribution in [0, 0.1) is 6.92 Å². The number of carbonyl (C=O) groups is 1. The molecule has 25 heavy (non-hydrogen) atoms. The van der Waals surface area contributed by atoms with Crippen molar-refractivity contribution in [3.8, 4) is 0 Å². The van der Waals surface area contributed by atoms with Crippen molar-refractivity contribution < 1.29 is 4.79 Å². The number of fused-ring (bicyclic) bond motifs is 1. The molecule has 3 aromatic rings. The van der Waals surface area contributed by atoms with Gasteiger partial charge in [0.15, 0.2) is 5.65 Å². The fourth-order valence-corrected chi connectivity index (χ4v) is 2.68. The quantitative estimate of drug-likeness (QED) is 0.795. The van der Waals surface area contributed by atoms with Crippen molar-refractivity contribution in [2.45, 2.75) is 39.5 Å². The van der Waals surface area contributed by atoms with Crippen molar-refractivity contribution in [2.24, 2.45) is 0 Å². The molecule has 130 valence electrons. The molecule has 1 amide bonds. The second-order valence-electron chi connectivity index (χ2n) is 7.32. The van der Waals surface area contributed by atoms with Gasteiger partial charge in [-0.1, -0.05) is 51.1 Å². The average Bonchev–Trinajstić information content (AvgIpc) is 2.99.